The van der Waals surface area contributed by atoms with E-state index in [2.05, 4.69) is 0 Å². The first kappa shape index (κ1) is 14.4. The summed E-state index contributed by atoms with van der Waals surface area (Å²) in [4.78, 5) is 33.5. The molecule has 0 aliphatic heterocycles. The molecule has 1 atom stereocenters. The fourth-order valence-electron chi connectivity index (χ4n) is 1.16. The van der Waals surface area contributed by atoms with Crippen molar-refractivity contribution in [2.24, 2.45) is 5.73 Å². The number of carboxylic acids is 2. The van der Waals surface area contributed by atoms with E-state index in [4.69, 9.17) is 15.9 Å². The van der Waals surface area contributed by atoms with Crippen LogP contribution in [0.15, 0.2) is 0 Å². The molecule has 7 heteroatoms. The van der Waals surface area contributed by atoms with Crippen molar-refractivity contribution in [3.8, 4) is 0 Å². The summed E-state index contributed by atoms with van der Waals surface area (Å²) in [6.45, 7) is 2.02. The molecule has 0 aliphatic carbocycles. The third kappa shape index (κ3) is 5.30. The van der Waals surface area contributed by atoms with Crippen molar-refractivity contribution in [2.75, 3.05) is 13.1 Å². The number of carbonyl (C=O) groups is 3. The van der Waals surface area contributed by atoms with Crippen LogP contribution in [0.2, 0.25) is 0 Å². The minimum Gasteiger partial charge on any atom is -0.481 e. The molecule has 0 heterocycles. The highest BCUT2D eigenvalue weighted by Gasteiger charge is 2.22. The Morgan fingerprint density at radius 2 is 1.81 bits per heavy atom. The molecule has 0 saturated heterocycles. The first-order valence-electron chi connectivity index (χ1n) is 4.86. The van der Waals surface area contributed by atoms with Gasteiger partial charge in [0.15, 0.2) is 0 Å². The lowest BCUT2D eigenvalue weighted by Gasteiger charge is -2.22. The van der Waals surface area contributed by atoms with Crippen LogP contribution in [-0.4, -0.2) is 52.1 Å². The van der Waals surface area contributed by atoms with Gasteiger partial charge in [-0.05, 0) is 6.92 Å². The quantitative estimate of drug-likeness (QED) is 0.523. The summed E-state index contributed by atoms with van der Waals surface area (Å²) in [7, 11) is 0. The molecule has 0 fully saturated rings. The van der Waals surface area contributed by atoms with Crippen LogP contribution in [0.4, 0.5) is 0 Å². The van der Waals surface area contributed by atoms with E-state index in [1.807, 2.05) is 0 Å². The summed E-state index contributed by atoms with van der Waals surface area (Å²) in [6.07, 6.45) is -0.637. The maximum absolute atomic E-state index is 11.6. The Morgan fingerprint density at radius 1 is 1.25 bits per heavy atom. The van der Waals surface area contributed by atoms with Gasteiger partial charge in [-0.15, -0.1) is 0 Å². The fourth-order valence-corrected chi connectivity index (χ4v) is 1.16. The van der Waals surface area contributed by atoms with Gasteiger partial charge in [0.25, 0.3) is 0 Å². The van der Waals surface area contributed by atoms with Crippen LogP contribution in [0.1, 0.15) is 19.8 Å². The Morgan fingerprint density at radius 3 is 2.19 bits per heavy atom. The van der Waals surface area contributed by atoms with E-state index in [0.717, 1.165) is 0 Å². The normalized spacial score (nSPS) is 11.9. The lowest BCUT2D eigenvalue weighted by Crippen LogP contribution is -2.45. The minimum absolute atomic E-state index is 0.0397. The van der Waals surface area contributed by atoms with E-state index < -0.39 is 30.3 Å². The number of hydrogen-bond acceptors (Lipinski definition) is 4. The Labute approximate surface area is 92.8 Å². The monoisotopic (exact) mass is 232 g/mol. The van der Waals surface area contributed by atoms with Crippen molar-refractivity contribution in [1.29, 1.82) is 0 Å². The topological polar surface area (TPSA) is 121 Å². The number of rotatable bonds is 7. The van der Waals surface area contributed by atoms with Gasteiger partial charge in [-0.25, -0.2) is 0 Å². The average Bonchev–Trinajstić information content (AvgIpc) is 2.16. The van der Waals surface area contributed by atoms with Crippen molar-refractivity contribution in [1.82, 2.24) is 4.90 Å². The lowest BCUT2D eigenvalue weighted by molar-refractivity contribution is -0.143. The molecule has 0 aromatic carbocycles. The number of aliphatic carboxylic acids is 2. The van der Waals surface area contributed by atoms with Crippen LogP contribution in [-0.2, 0) is 14.4 Å². The summed E-state index contributed by atoms with van der Waals surface area (Å²) in [5, 5.41) is 16.9. The van der Waals surface area contributed by atoms with Crippen molar-refractivity contribution < 1.29 is 24.6 Å². The van der Waals surface area contributed by atoms with E-state index in [1.165, 1.54) is 4.90 Å². The Kier molecular flexibility index (Phi) is 6.09. The fraction of sp³-hybridized carbons (Fsp3) is 0.667. The second-order valence-electron chi connectivity index (χ2n) is 3.27. The number of nitrogens with two attached hydrogens (primary N) is 1. The van der Waals surface area contributed by atoms with Crippen LogP contribution in [0.25, 0.3) is 0 Å². The number of amides is 1. The van der Waals surface area contributed by atoms with E-state index in [0.29, 0.717) is 6.54 Å². The van der Waals surface area contributed by atoms with E-state index in [1.54, 1.807) is 6.92 Å². The van der Waals surface area contributed by atoms with Crippen molar-refractivity contribution in [2.45, 2.75) is 25.8 Å². The number of carboxylic acid groups (broad SMARTS) is 2. The zero-order valence-corrected chi connectivity index (χ0v) is 9.05. The van der Waals surface area contributed by atoms with Crippen LogP contribution >= 0.6 is 0 Å². The second-order valence-corrected chi connectivity index (χ2v) is 3.27. The molecule has 0 bridgehead atoms. The summed E-state index contributed by atoms with van der Waals surface area (Å²) in [5.41, 5.74) is 5.38. The van der Waals surface area contributed by atoms with Crippen LogP contribution in [0, 0.1) is 0 Å². The molecule has 0 aliphatic rings. The van der Waals surface area contributed by atoms with Gasteiger partial charge in [0, 0.05) is 13.1 Å². The number of hydrogen-bond donors (Lipinski definition) is 3. The third-order valence-corrected chi connectivity index (χ3v) is 2.00. The standard InChI is InChI=1S/C9H16N2O5/c1-2-11(4-3-7(12)13)9(16)6(10)5-8(14)15/h6H,2-5,10H2,1H3,(H,12,13)(H,14,15). The number of likely N-dealkylation sites (N-methyl/N-ethyl adjacent to an activating group) is 1. The SMILES string of the molecule is CCN(CCC(=O)O)C(=O)C(N)CC(=O)O. The van der Waals surface area contributed by atoms with Crippen molar-refractivity contribution in [3.63, 3.8) is 0 Å². The third-order valence-electron chi connectivity index (χ3n) is 2.00. The molecular formula is C9H16N2O5. The zero-order valence-electron chi connectivity index (χ0n) is 9.05. The largest absolute Gasteiger partial charge is 0.481 e. The van der Waals surface area contributed by atoms with Crippen LogP contribution < -0.4 is 5.73 Å². The maximum atomic E-state index is 11.6. The summed E-state index contributed by atoms with van der Waals surface area (Å²) < 4.78 is 0. The molecule has 0 aromatic heterocycles. The molecule has 7 nitrogen and oxygen atoms in total. The van der Waals surface area contributed by atoms with E-state index >= 15 is 0 Å². The number of carbonyl (C=O) groups excluding carboxylic acids is 1. The van der Waals surface area contributed by atoms with Gasteiger partial charge in [-0.2, -0.15) is 0 Å². The van der Waals surface area contributed by atoms with Crippen molar-refractivity contribution in [3.05, 3.63) is 0 Å². The first-order valence-corrected chi connectivity index (χ1v) is 4.86. The Bertz CT molecular complexity index is 279. The molecule has 0 rings (SSSR count). The van der Waals surface area contributed by atoms with Gasteiger partial charge in [-0.1, -0.05) is 0 Å². The molecule has 0 saturated carbocycles. The van der Waals surface area contributed by atoms with Crippen LogP contribution in [0.3, 0.4) is 0 Å². The highest BCUT2D eigenvalue weighted by molar-refractivity contribution is 5.86. The molecule has 4 N–H and O–H groups in total. The Hall–Kier alpha value is -1.63. The van der Waals surface area contributed by atoms with Gasteiger partial charge in [0.2, 0.25) is 5.91 Å². The van der Waals surface area contributed by atoms with Crippen LogP contribution in [0.5, 0.6) is 0 Å². The molecule has 1 unspecified atom stereocenters. The molecule has 92 valence electrons. The van der Waals surface area contributed by atoms with Gasteiger partial charge >= 0.3 is 11.9 Å². The maximum Gasteiger partial charge on any atom is 0.305 e. The van der Waals surface area contributed by atoms with Crippen molar-refractivity contribution >= 4 is 17.8 Å². The predicted molar refractivity (Wildman–Crippen MR) is 54.7 cm³/mol. The summed E-state index contributed by atoms with van der Waals surface area (Å²) >= 11 is 0. The van der Waals surface area contributed by atoms with E-state index in [9.17, 15) is 14.4 Å². The molecular weight excluding hydrogens is 216 g/mol. The van der Waals surface area contributed by atoms with Gasteiger partial charge in [0.05, 0.1) is 18.9 Å². The average molecular weight is 232 g/mol. The van der Waals surface area contributed by atoms with Gasteiger partial charge < -0.3 is 20.8 Å². The first-order chi connectivity index (χ1) is 7.38. The van der Waals surface area contributed by atoms with Gasteiger partial charge in [-0.3, -0.25) is 14.4 Å². The zero-order chi connectivity index (χ0) is 12.7. The molecule has 0 aromatic rings. The smallest absolute Gasteiger partial charge is 0.305 e. The minimum atomic E-state index is -1.16. The van der Waals surface area contributed by atoms with Gasteiger partial charge in [0.1, 0.15) is 0 Å². The summed E-state index contributed by atoms with van der Waals surface area (Å²) in [6, 6.07) is -1.12. The predicted octanol–water partition coefficient (Wildman–Crippen LogP) is -0.888. The molecule has 0 spiro atoms. The lowest BCUT2D eigenvalue weighted by atomic mass is 10.2. The summed E-state index contributed by atoms with van der Waals surface area (Å²) in [5.74, 6) is -2.71. The molecule has 1 amide bonds. The molecule has 16 heavy (non-hydrogen) atoms. The van der Waals surface area contributed by atoms with E-state index in [-0.39, 0.29) is 13.0 Å². The Balaban J connectivity index is 4.28. The highest BCUT2D eigenvalue weighted by atomic mass is 16.4. The molecule has 0 radical (unpaired) electrons. The number of nitrogens with zero attached hydrogens (tertiary/aromatic N) is 1. The second kappa shape index (κ2) is 6.78. The highest BCUT2D eigenvalue weighted by Crippen LogP contribution is 1.99.